The van der Waals surface area contributed by atoms with E-state index < -0.39 is 156 Å². The van der Waals surface area contributed by atoms with Crippen LogP contribution in [-0.2, 0) is 67.2 Å². The van der Waals surface area contributed by atoms with E-state index in [9.17, 15) is 88.2 Å². The fraction of sp³-hybridized carbons (Fsp3) is 0.471. The molecule has 3 aromatic heterocycles. The number of hydrogen-bond donors (Lipinski definition) is 13. The lowest BCUT2D eigenvalue weighted by molar-refractivity contribution is -0.164. The summed E-state index contributed by atoms with van der Waals surface area (Å²) in [6.07, 6.45) is 4.41. The predicted molar refractivity (Wildman–Crippen MR) is 416 cm³/mol. The van der Waals surface area contributed by atoms with Crippen molar-refractivity contribution in [3.63, 3.8) is 0 Å². The van der Waals surface area contributed by atoms with Crippen LogP contribution in [-0.4, -0.2) is 201 Å². The lowest BCUT2D eigenvalue weighted by atomic mass is 9.87. The summed E-state index contributed by atoms with van der Waals surface area (Å²) in [5.41, 5.74) is 1.76. The summed E-state index contributed by atoms with van der Waals surface area (Å²) in [4.78, 5) is 173. The van der Waals surface area contributed by atoms with Crippen LogP contribution >= 0.6 is 0 Å². The zero-order valence-corrected chi connectivity index (χ0v) is 65.2. The molecule has 115 heavy (non-hydrogen) atoms. The van der Waals surface area contributed by atoms with Crippen LogP contribution in [0.1, 0.15) is 147 Å². The monoisotopic (exact) mass is 1580 g/mol. The highest BCUT2D eigenvalue weighted by molar-refractivity contribution is 6.01. The molecule has 3 saturated carbocycles. The minimum atomic E-state index is -1.33. The third-order valence-corrected chi connectivity index (χ3v) is 22.3. The molecule has 30 heteroatoms. The number of aliphatic hydroxyl groups excluding tert-OH is 3. The Morgan fingerprint density at radius 1 is 0.417 bits per heavy atom. The first-order valence-electron chi connectivity index (χ1n) is 39.2. The maximum absolute atomic E-state index is 13.7. The smallest absolute Gasteiger partial charge is 0.312 e. The van der Waals surface area contributed by atoms with Crippen LogP contribution in [0.4, 0.5) is 0 Å². The number of cyclic esters (lactones) is 1. The Morgan fingerprint density at radius 2 is 0.757 bits per heavy atom. The van der Waals surface area contributed by atoms with E-state index in [-0.39, 0.29) is 114 Å². The van der Waals surface area contributed by atoms with Gasteiger partial charge in [0, 0.05) is 50.8 Å². The second-order valence-corrected chi connectivity index (χ2v) is 31.4. The summed E-state index contributed by atoms with van der Waals surface area (Å²) in [6.45, 7) is 9.66. The number of likely N-dealkylation sites (N-methyl/N-ethyl adjacent to an activating group) is 1. The number of carbonyl (C=O) groups excluding carboxylic acids is 12. The fourth-order valence-corrected chi connectivity index (χ4v) is 15.0. The number of pyridine rings is 3. The quantitative estimate of drug-likeness (QED) is 0.0643. The van der Waals surface area contributed by atoms with Gasteiger partial charge >= 0.3 is 5.97 Å². The first kappa shape index (κ1) is 86.0. The van der Waals surface area contributed by atoms with Crippen molar-refractivity contribution in [3.8, 4) is 17.2 Å². The maximum atomic E-state index is 13.7. The van der Waals surface area contributed by atoms with E-state index in [0.717, 1.165) is 55.2 Å². The minimum Gasteiger partial charge on any atom is -0.505 e. The molecule has 612 valence electrons. The average molecular weight is 1580 g/mol. The fourth-order valence-electron chi connectivity index (χ4n) is 15.0. The van der Waals surface area contributed by atoms with Gasteiger partial charge in [0.1, 0.15) is 35.4 Å². The topological polar surface area (TPSA) is 462 Å². The minimum absolute atomic E-state index is 0.0124. The molecule has 0 radical (unpaired) electrons. The van der Waals surface area contributed by atoms with Crippen molar-refractivity contribution in [1.82, 2.24) is 57.1 Å². The zero-order valence-electron chi connectivity index (χ0n) is 65.2. The zero-order chi connectivity index (χ0) is 83.1. The van der Waals surface area contributed by atoms with Gasteiger partial charge in [-0.2, -0.15) is 0 Å². The molecule has 6 aromatic rings. The molecule has 12 rings (SSSR count). The molecule has 18 atom stereocenters. The van der Waals surface area contributed by atoms with E-state index in [1.807, 2.05) is 91.0 Å². The molecule has 6 heterocycles. The van der Waals surface area contributed by atoms with E-state index in [1.54, 1.807) is 41.7 Å². The van der Waals surface area contributed by atoms with Crippen LogP contribution in [0.5, 0.6) is 17.2 Å². The molecule has 8 amide bonds. The Morgan fingerprint density at radius 3 is 1.11 bits per heavy atom. The summed E-state index contributed by atoms with van der Waals surface area (Å²) in [6, 6.07) is 28.5. The molecule has 13 N–H and O–H groups in total. The number of rotatable bonds is 15. The van der Waals surface area contributed by atoms with Gasteiger partial charge in [-0.15, -0.1) is 0 Å². The third-order valence-electron chi connectivity index (χ3n) is 22.3. The highest BCUT2D eigenvalue weighted by atomic mass is 16.5. The number of hydrogen-bond acceptors (Lipinski definition) is 22. The summed E-state index contributed by atoms with van der Waals surface area (Å²) in [5, 5.41) is 83.3. The van der Waals surface area contributed by atoms with Crippen LogP contribution in [0.25, 0.3) is 0 Å². The van der Waals surface area contributed by atoms with Crippen molar-refractivity contribution in [3.05, 3.63) is 180 Å². The summed E-state index contributed by atoms with van der Waals surface area (Å²) in [7, 11) is 1.59. The number of carbonyl (C=O) groups is 12. The Bertz CT molecular complexity index is 4290. The van der Waals surface area contributed by atoms with Gasteiger partial charge in [0.05, 0.1) is 66.3 Å². The van der Waals surface area contributed by atoms with Gasteiger partial charge in [-0.1, -0.05) is 126 Å². The highest BCUT2D eigenvalue weighted by Crippen LogP contribution is 2.40. The lowest BCUT2D eigenvalue weighted by Gasteiger charge is -2.36. The summed E-state index contributed by atoms with van der Waals surface area (Å²) >= 11 is 0. The molecular formula is C85H103N11O19. The van der Waals surface area contributed by atoms with Gasteiger partial charge in [0.2, 0.25) is 29.5 Å². The third kappa shape index (κ3) is 22.6. The Hall–Kier alpha value is -11.4. The molecule has 3 unspecified atom stereocenters. The number of aliphatic hydroxyl groups is 3. The SMILES string of the molecule is C[C@H]1CC(=O)C(C2CC2)N(C)C(=O)[C@H](C)[C@H](O)[C@H](Cc2ccccc2)NC(=O)[C@H]1NC(=O)c1ncccc1O.C[C@H]1CC(=O)C(C2CC2)NC(=O)[C@H](C)[C@H](O)[C@H](Cc2ccccc2)NC(=O)[C@H]1NC(=O)c1ncccc1O.C[C@H]1CC(=O)C(C2CC2)OC(=O)[C@H](C)[C@H](O)[C@H](Cc2ccccc2)NC(=O)[C@H]1NC(=O)c1ncccc1O. The van der Waals surface area contributed by atoms with Crippen LogP contribution in [0.2, 0.25) is 0 Å². The van der Waals surface area contributed by atoms with Gasteiger partial charge in [-0.3, -0.25) is 57.5 Å². The van der Waals surface area contributed by atoms with Crippen molar-refractivity contribution in [2.45, 2.75) is 191 Å². The van der Waals surface area contributed by atoms with E-state index in [0.29, 0.717) is 0 Å². The number of nitrogens with zero attached hydrogens (tertiary/aromatic N) is 4. The molecule has 3 aromatic carbocycles. The number of nitrogens with one attached hydrogen (secondary N) is 7. The number of Topliss-reactive ketones (excluding diaryl/α,β-unsaturated/α-hetero) is 3. The number of amides is 8. The van der Waals surface area contributed by atoms with Gasteiger partial charge < -0.3 is 77.5 Å². The van der Waals surface area contributed by atoms with Gasteiger partial charge in [0.25, 0.3) is 17.7 Å². The standard InChI is InChI=1S/C29H36N4O6.C28H34N4O6.C28H33N3O7/c1-16-14-22(35)25(19-11-12-19)33(3)29(39)17(2)26(36)20(15-18-8-5-4-6-9-18)31-27(37)23(16)32-28(38)24-21(34)10-7-13-30-24;1-15-13-21(34)23(18-10-11-18)32-26(36)16(2)25(35)19(14-17-7-4-3-5-8-17)30-27(37)22(15)31-28(38)24-20(33)9-6-12-29-24;1-15-13-21(33)25(18-10-11-18)38-28(37)16(2)24(34)19(14-17-7-4-3-5-8-17)30-26(35)22(15)31-27(36)23-20(32)9-6-12-29-23/h4-10,13,16-17,19-20,23,25-26,34,36H,11-12,14-15H2,1-3H3,(H,31,37)(H,32,38);3-9,12,15-16,18-19,22-23,25,33,35H,10-11,13-14H2,1-2H3,(H,30,37)(H,31,38)(H,32,36);3-9,12,15-16,18-19,22,24-25,32,34H,10-11,13-14H2,1-2H3,(H,30,35)(H,31,36)/t16-,17+,20-,23-,25?,26-;15-,16+,19-,22-,23?,25-;15-,16+,19-,22-,24-,25?/m000/s1. The molecule has 0 spiro atoms. The van der Waals surface area contributed by atoms with Crippen LogP contribution in [0, 0.1) is 53.3 Å². The molecule has 6 aliphatic rings. The predicted octanol–water partition coefficient (Wildman–Crippen LogP) is 4.11. The molecule has 3 aliphatic heterocycles. The number of aromatic hydroxyl groups is 3. The van der Waals surface area contributed by atoms with E-state index in [2.05, 4.69) is 52.2 Å². The van der Waals surface area contributed by atoms with Crippen molar-refractivity contribution in [1.29, 1.82) is 0 Å². The summed E-state index contributed by atoms with van der Waals surface area (Å²) in [5.74, 6) is -12.3. The highest BCUT2D eigenvalue weighted by Gasteiger charge is 2.48. The van der Waals surface area contributed by atoms with Crippen molar-refractivity contribution >= 4 is 70.6 Å². The number of benzene rings is 3. The van der Waals surface area contributed by atoms with Crippen molar-refractivity contribution in [2.24, 2.45) is 53.3 Å². The Labute approximate surface area is 666 Å². The van der Waals surface area contributed by atoms with Gasteiger partial charge in [0.15, 0.2) is 40.5 Å². The van der Waals surface area contributed by atoms with Crippen molar-refractivity contribution < 1.29 is 92.9 Å². The van der Waals surface area contributed by atoms with Crippen LogP contribution in [0.15, 0.2) is 146 Å². The van der Waals surface area contributed by atoms with Crippen LogP contribution < -0.4 is 37.2 Å². The summed E-state index contributed by atoms with van der Waals surface area (Å²) < 4.78 is 5.63. The number of ether oxygens (including phenoxy) is 1. The largest absolute Gasteiger partial charge is 0.505 e. The first-order valence-corrected chi connectivity index (χ1v) is 39.2. The molecule has 3 aliphatic carbocycles. The number of aromatic nitrogens is 3. The number of ketones is 3. The first-order chi connectivity index (χ1) is 54.9. The van der Waals surface area contributed by atoms with Crippen molar-refractivity contribution in [2.75, 3.05) is 7.05 Å². The molecule has 0 bridgehead atoms. The van der Waals surface area contributed by atoms with E-state index in [4.69, 9.17) is 4.74 Å². The van der Waals surface area contributed by atoms with E-state index >= 15 is 0 Å². The second-order valence-electron chi connectivity index (χ2n) is 31.4. The van der Waals surface area contributed by atoms with Crippen LogP contribution in [0.3, 0.4) is 0 Å². The van der Waals surface area contributed by atoms with E-state index in [1.165, 1.54) is 66.8 Å². The normalized spacial score (nSPS) is 28.8. The lowest BCUT2D eigenvalue weighted by Crippen LogP contribution is -2.59. The molecule has 3 saturated heterocycles. The average Bonchev–Trinajstić information content (AvgIpc) is 1.78. The van der Waals surface area contributed by atoms with Gasteiger partial charge in [-0.25, -0.2) is 15.0 Å². The molecule has 6 fully saturated rings. The second kappa shape index (κ2) is 39.1. The molecule has 30 nitrogen and oxygen atoms in total. The molecular weight excluding hydrogens is 1480 g/mol. The Balaban J connectivity index is 0.000000182. The van der Waals surface area contributed by atoms with Gasteiger partial charge in [-0.05, 0) is 147 Å². The number of esters is 1. The Kier molecular flexibility index (Phi) is 29.3. The maximum Gasteiger partial charge on any atom is 0.312 e.